The lowest BCUT2D eigenvalue weighted by Gasteiger charge is -2.38. The van der Waals surface area contributed by atoms with Crippen molar-refractivity contribution in [3.63, 3.8) is 0 Å². The third-order valence-electron chi connectivity index (χ3n) is 6.73. The summed E-state index contributed by atoms with van der Waals surface area (Å²) in [5.41, 5.74) is 4.13. The lowest BCUT2D eigenvalue weighted by atomic mass is 10.2. The Morgan fingerprint density at radius 2 is 1.82 bits per heavy atom. The Kier molecular flexibility index (Phi) is 7.89. The van der Waals surface area contributed by atoms with Crippen LogP contribution in [0.1, 0.15) is 24.1 Å². The molecule has 12 heteroatoms. The first-order valence-electron chi connectivity index (χ1n) is 12.4. The zero-order chi connectivity index (χ0) is 26.6. The molecule has 38 heavy (non-hydrogen) atoms. The van der Waals surface area contributed by atoms with E-state index in [2.05, 4.69) is 35.3 Å². The average Bonchev–Trinajstić information content (AvgIpc) is 3.60. The van der Waals surface area contributed by atoms with Crippen molar-refractivity contribution in [1.29, 1.82) is 0 Å². The summed E-state index contributed by atoms with van der Waals surface area (Å²) in [5.74, 6) is 1.59. The Balaban J connectivity index is 0.000000156. The zero-order valence-electron chi connectivity index (χ0n) is 21.9. The van der Waals surface area contributed by atoms with Crippen molar-refractivity contribution in [2.75, 3.05) is 29.6 Å². The molecular weight excluding hydrogens is 518 g/mol. The smallest absolute Gasteiger partial charge is 0.225 e. The topological polar surface area (TPSA) is 105 Å². The lowest BCUT2D eigenvalue weighted by molar-refractivity contribution is -0.121. The molecule has 2 aliphatic rings. The van der Waals surface area contributed by atoms with Crippen LogP contribution in [-0.4, -0.2) is 72.5 Å². The standard InChI is InChI=1S/C14H15N5S.C12H16N4OS/c1-9-4-5-13(15-6-9)17-14-16-12(8-20-14)11-7-19(3)18-10(11)2;1-18-11-4-13-12(14-5-11)15-6-9-2-3-10(7-15)16(9)8-17/h4-8H,1-3H3,(H,15,16,17);4-5,8-10H,2-3,6-7H2,1H3/t;9-,10+. The van der Waals surface area contributed by atoms with Gasteiger partial charge in [-0.2, -0.15) is 5.10 Å². The average molecular weight is 550 g/mol. The molecule has 2 fully saturated rings. The Bertz CT molecular complexity index is 1360. The van der Waals surface area contributed by atoms with Crippen LogP contribution in [0.4, 0.5) is 16.9 Å². The minimum absolute atomic E-state index is 0.338. The highest BCUT2D eigenvalue weighted by atomic mass is 32.2. The van der Waals surface area contributed by atoms with Crippen molar-refractivity contribution in [3.05, 3.63) is 53.6 Å². The first-order chi connectivity index (χ1) is 18.4. The van der Waals surface area contributed by atoms with Gasteiger partial charge in [-0.05, 0) is 44.6 Å². The van der Waals surface area contributed by atoms with E-state index in [1.165, 1.54) is 0 Å². The van der Waals surface area contributed by atoms with Crippen LogP contribution >= 0.6 is 23.1 Å². The molecule has 0 unspecified atom stereocenters. The zero-order valence-corrected chi connectivity index (χ0v) is 23.5. The normalized spacial score (nSPS) is 18.2. The predicted octanol–water partition coefficient (Wildman–Crippen LogP) is 4.31. The molecule has 6 heterocycles. The number of amides is 1. The molecule has 0 aromatic carbocycles. The molecule has 198 valence electrons. The van der Waals surface area contributed by atoms with E-state index in [-0.39, 0.29) is 0 Å². The second-order valence-corrected chi connectivity index (χ2v) is 11.2. The van der Waals surface area contributed by atoms with Crippen molar-refractivity contribution in [1.82, 2.24) is 34.6 Å². The van der Waals surface area contributed by atoms with Crippen molar-refractivity contribution in [2.24, 2.45) is 7.05 Å². The number of thiazole rings is 1. The number of nitrogens with zero attached hydrogens (tertiary/aromatic N) is 8. The molecular formula is C26H31N9OS2. The minimum Gasteiger partial charge on any atom is -0.337 e. The van der Waals surface area contributed by atoms with E-state index in [9.17, 15) is 4.79 Å². The lowest BCUT2D eigenvalue weighted by Crippen LogP contribution is -2.53. The Labute approximate surface area is 230 Å². The first-order valence-corrected chi connectivity index (χ1v) is 14.5. The van der Waals surface area contributed by atoms with Crippen molar-refractivity contribution < 1.29 is 4.79 Å². The van der Waals surface area contributed by atoms with Gasteiger partial charge in [0, 0.05) is 72.8 Å². The van der Waals surface area contributed by atoms with Crippen LogP contribution in [0.15, 0.2) is 47.2 Å². The molecule has 2 saturated heterocycles. The highest BCUT2D eigenvalue weighted by molar-refractivity contribution is 7.98. The van der Waals surface area contributed by atoms with E-state index in [0.29, 0.717) is 12.1 Å². The number of hydrogen-bond acceptors (Lipinski definition) is 10. The summed E-state index contributed by atoms with van der Waals surface area (Å²) in [5, 5.41) is 10.4. The number of hydrogen-bond donors (Lipinski definition) is 1. The van der Waals surface area contributed by atoms with Gasteiger partial charge in [0.05, 0.1) is 11.4 Å². The van der Waals surface area contributed by atoms with Gasteiger partial charge in [0.15, 0.2) is 5.13 Å². The molecule has 0 aliphatic carbocycles. The van der Waals surface area contributed by atoms with Crippen LogP contribution in [0, 0.1) is 13.8 Å². The largest absolute Gasteiger partial charge is 0.337 e. The fraction of sp³-hybridized carbons (Fsp3) is 0.385. The molecule has 0 spiro atoms. The van der Waals surface area contributed by atoms with Crippen LogP contribution < -0.4 is 10.2 Å². The number of carbonyl (C=O) groups excluding carboxylic acids is 1. The fourth-order valence-electron chi connectivity index (χ4n) is 4.81. The van der Waals surface area contributed by atoms with Gasteiger partial charge in [0.1, 0.15) is 5.82 Å². The van der Waals surface area contributed by atoms with Gasteiger partial charge >= 0.3 is 0 Å². The minimum atomic E-state index is 0.338. The van der Waals surface area contributed by atoms with Gasteiger partial charge in [-0.3, -0.25) is 9.48 Å². The Morgan fingerprint density at radius 1 is 1.08 bits per heavy atom. The second kappa shape index (κ2) is 11.5. The maximum absolute atomic E-state index is 11.0. The maximum Gasteiger partial charge on any atom is 0.225 e. The van der Waals surface area contributed by atoms with Crippen molar-refractivity contribution >= 4 is 46.4 Å². The summed E-state index contributed by atoms with van der Waals surface area (Å²) in [6, 6.07) is 4.65. The van der Waals surface area contributed by atoms with E-state index < -0.39 is 0 Å². The molecule has 2 atom stereocenters. The number of aryl methyl sites for hydroxylation is 3. The van der Waals surface area contributed by atoms with Crippen LogP contribution in [-0.2, 0) is 11.8 Å². The number of anilines is 3. The SMILES string of the molecule is CSc1cnc(N2C[C@H]3CC[C@@H](C2)N3C=O)nc1.Cc1ccc(Nc2nc(-c3cn(C)nc3C)cs2)nc1. The highest BCUT2D eigenvalue weighted by Gasteiger charge is 2.39. The number of carbonyl (C=O) groups is 1. The van der Waals surface area contributed by atoms with Crippen molar-refractivity contribution in [2.45, 2.75) is 43.7 Å². The molecule has 4 aromatic rings. The third-order valence-corrected chi connectivity index (χ3v) is 8.17. The van der Waals surface area contributed by atoms with E-state index in [1.54, 1.807) is 27.8 Å². The summed E-state index contributed by atoms with van der Waals surface area (Å²) in [6.45, 7) is 5.72. The number of piperazine rings is 1. The van der Waals surface area contributed by atoms with Gasteiger partial charge in [-0.1, -0.05) is 6.07 Å². The maximum atomic E-state index is 11.0. The highest BCUT2D eigenvalue weighted by Crippen LogP contribution is 2.30. The Hall–Kier alpha value is -3.51. The number of aromatic nitrogens is 6. The van der Waals surface area contributed by atoms with Gasteiger partial charge in [-0.15, -0.1) is 23.1 Å². The summed E-state index contributed by atoms with van der Waals surface area (Å²) >= 11 is 3.21. The number of pyridine rings is 1. The number of fused-ring (bicyclic) bond motifs is 2. The van der Waals surface area contributed by atoms with Crippen LogP contribution in [0.5, 0.6) is 0 Å². The monoisotopic (exact) mass is 549 g/mol. The van der Waals surface area contributed by atoms with Crippen molar-refractivity contribution in [3.8, 4) is 11.3 Å². The molecule has 4 aromatic heterocycles. The molecule has 0 saturated carbocycles. The molecule has 6 rings (SSSR count). The van der Waals surface area contributed by atoms with Gasteiger partial charge in [0.25, 0.3) is 0 Å². The number of nitrogens with one attached hydrogen (secondary N) is 1. The summed E-state index contributed by atoms with van der Waals surface area (Å²) < 4.78 is 1.80. The summed E-state index contributed by atoms with van der Waals surface area (Å²) in [7, 11) is 1.91. The van der Waals surface area contributed by atoms with E-state index in [4.69, 9.17) is 0 Å². The fourth-order valence-corrected chi connectivity index (χ4v) is 5.84. The third kappa shape index (κ3) is 5.81. The first kappa shape index (κ1) is 26.1. The molecule has 2 aliphatic heterocycles. The number of thioether (sulfide) groups is 1. The predicted molar refractivity (Wildman–Crippen MR) is 152 cm³/mol. The Morgan fingerprint density at radius 3 is 2.39 bits per heavy atom. The van der Waals surface area contributed by atoms with Crippen LogP contribution in [0.3, 0.4) is 0 Å². The number of rotatable bonds is 6. The van der Waals surface area contributed by atoms with Gasteiger partial charge in [-0.25, -0.2) is 19.9 Å². The van der Waals surface area contributed by atoms with Crippen LogP contribution in [0.25, 0.3) is 11.3 Å². The van der Waals surface area contributed by atoms with E-state index in [0.717, 1.165) is 76.6 Å². The quantitative estimate of drug-likeness (QED) is 0.278. The molecule has 1 N–H and O–H groups in total. The van der Waals surface area contributed by atoms with Crippen LogP contribution in [0.2, 0.25) is 0 Å². The second-order valence-electron chi connectivity index (χ2n) is 9.45. The summed E-state index contributed by atoms with van der Waals surface area (Å²) in [4.78, 5) is 34.0. The van der Waals surface area contributed by atoms with E-state index >= 15 is 0 Å². The summed E-state index contributed by atoms with van der Waals surface area (Å²) in [6.07, 6.45) is 12.8. The molecule has 10 nitrogen and oxygen atoms in total. The molecule has 2 bridgehead atoms. The molecule has 1 amide bonds. The van der Waals surface area contributed by atoms with E-state index in [1.807, 2.05) is 74.4 Å². The molecule has 0 radical (unpaired) electrons. The van der Waals surface area contributed by atoms with Gasteiger partial charge in [0.2, 0.25) is 12.4 Å². The van der Waals surface area contributed by atoms with Gasteiger partial charge < -0.3 is 15.1 Å².